The second-order valence-corrected chi connectivity index (χ2v) is 7.65. The monoisotopic (exact) mass is 439 g/mol. The van der Waals surface area contributed by atoms with E-state index in [1.807, 2.05) is 12.1 Å². The van der Waals surface area contributed by atoms with E-state index in [9.17, 15) is 14.0 Å². The molecule has 1 saturated heterocycles. The van der Waals surface area contributed by atoms with Gasteiger partial charge in [-0.1, -0.05) is 24.3 Å². The first kappa shape index (κ1) is 22.0. The smallest absolute Gasteiger partial charge is 0.278 e. The van der Waals surface area contributed by atoms with Gasteiger partial charge in [0, 0.05) is 26.2 Å². The van der Waals surface area contributed by atoms with Gasteiger partial charge in [-0.2, -0.15) is 0 Å². The van der Waals surface area contributed by atoms with Gasteiger partial charge in [-0.05, 0) is 36.2 Å². The average molecular weight is 439 g/mol. The maximum atomic E-state index is 13.5. The minimum absolute atomic E-state index is 0.164. The van der Waals surface area contributed by atoms with Gasteiger partial charge < -0.3 is 14.8 Å². The van der Waals surface area contributed by atoms with Gasteiger partial charge in [0.15, 0.2) is 0 Å². The van der Waals surface area contributed by atoms with Crippen LogP contribution in [-0.4, -0.2) is 68.1 Å². The molecular weight excluding hydrogens is 413 g/mol. The Labute approximate surface area is 186 Å². The summed E-state index contributed by atoms with van der Waals surface area (Å²) < 4.78 is 24.2. The predicted molar refractivity (Wildman–Crippen MR) is 119 cm³/mol. The van der Waals surface area contributed by atoms with E-state index in [4.69, 9.17) is 9.47 Å². The van der Waals surface area contributed by atoms with Crippen molar-refractivity contribution in [2.24, 2.45) is 0 Å². The zero-order valence-corrected chi connectivity index (χ0v) is 18.0. The zero-order chi connectivity index (χ0) is 22.5. The Morgan fingerprint density at radius 2 is 1.72 bits per heavy atom. The number of rotatable bonds is 8. The van der Waals surface area contributed by atoms with Gasteiger partial charge >= 0.3 is 0 Å². The molecule has 0 atom stereocenters. The van der Waals surface area contributed by atoms with E-state index in [1.54, 1.807) is 12.1 Å². The lowest BCUT2D eigenvalue weighted by atomic mass is 10.0. The van der Waals surface area contributed by atoms with Gasteiger partial charge in [-0.3, -0.25) is 19.4 Å². The van der Waals surface area contributed by atoms with Crippen LogP contribution in [0.25, 0.3) is 5.57 Å². The molecule has 0 aromatic heterocycles. The number of hydrogen-bond acceptors (Lipinski definition) is 6. The number of hydrogen-bond donors (Lipinski definition) is 1. The van der Waals surface area contributed by atoms with E-state index in [0.717, 1.165) is 19.6 Å². The maximum absolute atomic E-state index is 13.5. The molecule has 2 heterocycles. The van der Waals surface area contributed by atoms with Crippen molar-refractivity contribution in [2.45, 2.75) is 6.42 Å². The van der Waals surface area contributed by atoms with Crippen molar-refractivity contribution in [3.05, 3.63) is 65.6 Å². The second kappa shape index (κ2) is 9.93. The molecule has 4 rings (SSSR count). The van der Waals surface area contributed by atoms with Crippen molar-refractivity contribution < 1.29 is 23.5 Å². The molecule has 8 heteroatoms. The maximum Gasteiger partial charge on any atom is 0.278 e. The van der Waals surface area contributed by atoms with Crippen LogP contribution in [0.4, 0.5) is 10.1 Å². The number of nitrogens with zero attached hydrogens (tertiary/aromatic N) is 2. The number of halogens is 1. The highest BCUT2D eigenvalue weighted by atomic mass is 19.1. The number of nitrogens with one attached hydrogen (secondary N) is 1. The molecule has 1 fully saturated rings. The number of imide groups is 1. The molecule has 2 aromatic rings. The highest BCUT2D eigenvalue weighted by Gasteiger charge is 2.39. The van der Waals surface area contributed by atoms with Crippen LogP contribution in [0.3, 0.4) is 0 Å². The van der Waals surface area contributed by atoms with E-state index in [2.05, 4.69) is 10.2 Å². The van der Waals surface area contributed by atoms with E-state index in [0.29, 0.717) is 43.2 Å². The lowest BCUT2D eigenvalue weighted by Gasteiger charge is -2.27. The molecule has 0 unspecified atom stereocenters. The number of anilines is 1. The first-order chi connectivity index (χ1) is 15.6. The second-order valence-electron chi connectivity index (χ2n) is 7.65. The van der Waals surface area contributed by atoms with Crippen LogP contribution in [0.15, 0.2) is 54.2 Å². The summed E-state index contributed by atoms with van der Waals surface area (Å²) >= 11 is 0. The molecule has 32 heavy (non-hydrogen) atoms. The van der Waals surface area contributed by atoms with E-state index in [1.165, 1.54) is 36.3 Å². The molecule has 1 N–H and O–H groups in total. The first-order valence-corrected chi connectivity index (χ1v) is 10.6. The Bertz CT molecular complexity index is 1020. The van der Waals surface area contributed by atoms with Crippen LogP contribution in [0, 0.1) is 5.82 Å². The zero-order valence-electron chi connectivity index (χ0n) is 18.0. The molecule has 0 saturated carbocycles. The lowest BCUT2D eigenvalue weighted by Crippen LogP contribution is -2.39. The molecule has 0 spiro atoms. The van der Waals surface area contributed by atoms with E-state index >= 15 is 0 Å². The van der Waals surface area contributed by atoms with Crippen molar-refractivity contribution in [2.75, 3.05) is 51.8 Å². The van der Waals surface area contributed by atoms with Gasteiger partial charge in [-0.25, -0.2) is 4.39 Å². The normalized spacial score (nSPS) is 17.2. The van der Waals surface area contributed by atoms with E-state index < -0.39 is 11.7 Å². The summed E-state index contributed by atoms with van der Waals surface area (Å²) in [6.45, 7) is 4.18. The van der Waals surface area contributed by atoms with Gasteiger partial charge in [0.2, 0.25) is 0 Å². The minimum Gasteiger partial charge on any atom is -0.495 e. The third-order valence-corrected chi connectivity index (χ3v) is 5.63. The highest BCUT2D eigenvalue weighted by molar-refractivity contribution is 6.36. The number of ether oxygens (including phenoxy) is 2. The molecule has 2 aliphatic rings. The fourth-order valence-electron chi connectivity index (χ4n) is 3.94. The Morgan fingerprint density at radius 3 is 2.44 bits per heavy atom. The minimum atomic E-state index is -0.410. The summed E-state index contributed by atoms with van der Waals surface area (Å²) in [5.74, 6) is -0.652. The van der Waals surface area contributed by atoms with E-state index in [-0.39, 0.29) is 17.2 Å². The van der Waals surface area contributed by atoms with Crippen molar-refractivity contribution in [3.63, 3.8) is 0 Å². The van der Waals surface area contributed by atoms with Gasteiger partial charge in [0.05, 0.1) is 31.6 Å². The lowest BCUT2D eigenvalue weighted by molar-refractivity contribution is -0.136. The number of carbonyl (C=O) groups is 2. The summed E-state index contributed by atoms with van der Waals surface area (Å²) in [6.07, 6.45) is 0.663. The Morgan fingerprint density at radius 1 is 1.00 bits per heavy atom. The number of carbonyl (C=O) groups excluding carboxylic acids is 2. The molecule has 168 valence electrons. The SMILES string of the molecule is COc1ccccc1NC1=C(c2ccc(F)cc2)C(=O)N(CCCN2CCOCC2)C1=O. The Hall–Kier alpha value is -3.23. The third-order valence-electron chi connectivity index (χ3n) is 5.63. The fourth-order valence-corrected chi connectivity index (χ4v) is 3.94. The standard InChI is InChI=1S/C24H26FN3O4/c1-31-20-6-3-2-5-19(20)26-22-21(17-7-9-18(25)10-8-17)23(29)28(24(22)30)12-4-11-27-13-15-32-16-14-27/h2-3,5-10,26H,4,11-16H2,1H3. The van der Waals surface area contributed by atoms with Crippen LogP contribution in [-0.2, 0) is 14.3 Å². The largest absolute Gasteiger partial charge is 0.495 e. The number of benzene rings is 2. The first-order valence-electron chi connectivity index (χ1n) is 10.6. The van der Waals surface area contributed by atoms with Crippen molar-refractivity contribution in [1.82, 2.24) is 9.80 Å². The summed E-state index contributed by atoms with van der Waals surface area (Å²) in [5.41, 5.74) is 1.45. The van der Waals surface area contributed by atoms with Crippen LogP contribution < -0.4 is 10.1 Å². The average Bonchev–Trinajstić information content (AvgIpc) is 3.05. The quantitative estimate of drug-likeness (QED) is 0.638. The number of methoxy groups -OCH3 is 1. The molecule has 7 nitrogen and oxygen atoms in total. The van der Waals surface area contributed by atoms with Gasteiger partial charge in [0.1, 0.15) is 17.3 Å². The molecule has 0 bridgehead atoms. The predicted octanol–water partition coefficient (Wildman–Crippen LogP) is 2.75. The summed E-state index contributed by atoms with van der Waals surface area (Å²) in [4.78, 5) is 30.1. The molecule has 0 radical (unpaired) electrons. The van der Waals surface area contributed by atoms with Crippen LogP contribution >= 0.6 is 0 Å². The summed E-state index contributed by atoms with van der Waals surface area (Å²) in [7, 11) is 1.54. The molecule has 0 aliphatic carbocycles. The summed E-state index contributed by atoms with van der Waals surface area (Å²) in [6, 6.07) is 12.7. The number of amides is 2. The molecular formula is C24H26FN3O4. The topological polar surface area (TPSA) is 71.1 Å². The Kier molecular flexibility index (Phi) is 6.82. The van der Waals surface area contributed by atoms with Crippen LogP contribution in [0.1, 0.15) is 12.0 Å². The number of para-hydroxylation sites is 2. The number of morpholine rings is 1. The van der Waals surface area contributed by atoms with Crippen LogP contribution in [0.5, 0.6) is 5.75 Å². The highest BCUT2D eigenvalue weighted by Crippen LogP contribution is 2.33. The van der Waals surface area contributed by atoms with Gasteiger partial charge in [-0.15, -0.1) is 0 Å². The fraction of sp³-hybridized carbons (Fsp3) is 0.333. The van der Waals surface area contributed by atoms with Crippen molar-refractivity contribution >= 4 is 23.1 Å². The molecule has 2 amide bonds. The molecule has 2 aliphatic heterocycles. The summed E-state index contributed by atoms with van der Waals surface area (Å²) in [5, 5.41) is 3.10. The third kappa shape index (κ3) is 4.66. The van der Waals surface area contributed by atoms with Crippen molar-refractivity contribution in [1.29, 1.82) is 0 Å². The van der Waals surface area contributed by atoms with Gasteiger partial charge in [0.25, 0.3) is 11.8 Å². The van der Waals surface area contributed by atoms with Crippen molar-refractivity contribution in [3.8, 4) is 5.75 Å². The van der Waals surface area contributed by atoms with Crippen LogP contribution in [0.2, 0.25) is 0 Å². The molecule has 2 aromatic carbocycles. The Balaban J connectivity index is 1.58.